The molecule has 1 fully saturated rings. The van der Waals surface area contributed by atoms with Crippen LogP contribution in [0.3, 0.4) is 0 Å². The van der Waals surface area contributed by atoms with Gasteiger partial charge in [0.25, 0.3) is 8.32 Å². The number of methoxy groups -OCH3 is 1. The first-order valence-corrected chi connectivity index (χ1v) is 15.4. The lowest BCUT2D eigenvalue weighted by molar-refractivity contribution is -0.142. The number of ketones is 1. The lowest BCUT2D eigenvalue weighted by Crippen LogP contribution is -2.67. The van der Waals surface area contributed by atoms with Gasteiger partial charge in [0.15, 0.2) is 0 Å². The molecule has 0 aliphatic carbocycles. The molecule has 0 N–H and O–H groups in total. The second kappa shape index (κ2) is 12.0. The number of rotatable bonds is 8. The lowest BCUT2D eigenvalue weighted by atomic mass is 9.85. The van der Waals surface area contributed by atoms with E-state index in [2.05, 4.69) is 45.0 Å². The summed E-state index contributed by atoms with van der Waals surface area (Å²) in [4.78, 5) is 40.3. The van der Waals surface area contributed by atoms with Crippen molar-refractivity contribution in [1.29, 1.82) is 0 Å². The molecule has 0 unspecified atom stereocenters. The molecular formula is C31H43NO6Si. The van der Waals surface area contributed by atoms with Crippen molar-refractivity contribution in [1.82, 2.24) is 4.90 Å². The van der Waals surface area contributed by atoms with Crippen molar-refractivity contribution >= 4 is 36.5 Å². The zero-order valence-electron chi connectivity index (χ0n) is 24.5. The van der Waals surface area contributed by atoms with Crippen LogP contribution in [0.1, 0.15) is 54.9 Å². The van der Waals surface area contributed by atoms with Crippen LogP contribution in [0.4, 0.5) is 4.79 Å². The molecule has 1 amide bonds. The van der Waals surface area contributed by atoms with Crippen LogP contribution in [0.5, 0.6) is 0 Å². The molecule has 0 saturated carbocycles. The number of amides is 1. The van der Waals surface area contributed by atoms with Crippen LogP contribution in [-0.4, -0.2) is 63.0 Å². The van der Waals surface area contributed by atoms with Crippen LogP contribution in [0.15, 0.2) is 60.7 Å². The van der Waals surface area contributed by atoms with Gasteiger partial charge in [-0.1, -0.05) is 81.4 Å². The third-order valence-corrected chi connectivity index (χ3v) is 12.5. The van der Waals surface area contributed by atoms with E-state index in [-0.39, 0.29) is 30.4 Å². The van der Waals surface area contributed by atoms with E-state index in [1.54, 1.807) is 4.90 Å². The van der Waals surface area contributed by atoms with Crippen molar-refractivity contribution < 1.29 is 28.3 Å². The van der Waals surface area contributed by atoms with Crippen LogP contribution < -0.4 is 10.4 Å². The van der Waals surface area contributed by atoms with Gasteiger partial charge in [-0.3, -0.25) is 9.59 Å². The highest BCUT2D eigenvalue weighted by Crippen LogP contribution is 2.40. The van der Waals surface area contributed by atoms with E-state index in [1.165, 1.54) is 14.0 Å². The SMILES string of the molecule is COC(=O)C[C@H]1[C@@H](C(C)=O)CN(C(=O)OC(C)(C)C)[C@@H]1CO[Si](c1ccccc1)(c1ccccc1)C(C)(C)C. The Labute approximate surface area is 234 Å². The van der Waals surface area contributed by atoms with Crippen LogP contribution in [0.2, 0.25) is 5.04 Å². The van der Waals surface area contributed by atoms with Gasteiger partial charge in [-0.25, -0.2) is 4.79 Å². The van der Waals surface area contributed by atoms with Gasteiger partial charge >= 0.3 is 12.1 Å². The topological polar surface area (TPSA) is 82.1 Å². The summed E-state index contributed by atoms with van der Waals surface area (Å²) in [5.74, 6) is -1.48. The normalized spacial score (nSPS) is 20.0. The zero-order chi connectivity index (χ0) is 29.0. The third-order valence-electron chi connectivity index (χ3n) is 7.47. The fourth-order valence-electron chi connectivity index (χ4n) is 5.68. The molecule has 3 atom stereocenters. The summed E-state index contributed by atoms with van der Waals surface area (Å²) < 4.78 is 17.9. The first-order valence-electron chi connectivity index (χ1n) is 13.5. The lowest BCUT2D eigenvalue weighted by Gasteiger charge is -2.44. The second-order valence-corrected chi connectivity index (χ2v) is 16.6. The third kappa shape index (κ3) is 6.79. The molecule has 3 rings (SSSR count). The average Bonchev–Trinajstić information content (AvgIpc) is 3.22. The van der Waals surface area contributed by atoms with E-state index in [9.17, 15) is 14.4 Å². The quantitative estimate of drug-likeness (QED) is 0.352. The largest absolute Gasteiger partial charge is 0.469 e. The van der Waals surface area contributed by atoms with Crippen LogP contribution in [0, 0.1) is 11.8 Å². The van der Waals surface area contributed by atoms with Gasteiger partial charge in [0.2, 0.25) is 0 Å². The molecule has 2 aromatic rings. The Morgan fingerprint density at radius 3 is 1.82 bits per heavy atom. The molecule has 0 spiro atoms. The molecule has 212 valence electrons. The number of likely N-dealkylation sites (tertiary alicyclic amines) is 1. The fourth-order valence-corrected chi connectivity index (χ4v) is 10.3. The summed E-state index contributed by atoms with van der Waals surface area (Å²) in [5, 5.41) is 1.94. The molecule has 8 heteroatoms. The Bertz CT molecular complexity index is 1100. The van der Waals surface area contributed by atoms with Crippen molar-refractivity contribution in [2.75, 3.05) is 20.3 Å². The summed E-state index contributed by atoms with van der Waals surface area (Å²) in [6.45, 7) is 13.8. The first-order chi connectivity index (χ1) is 18.2. The number of carbonyl (C=O) groups is 3. The Hall–Kier alpha value is -2.97. The van der Waals surface area contributed by atoms with Gasteiger partial charge in [0, 0.05) is 18.4 Å². The molecule has 0 radical (unpaired) electrons. The summed E-state index contributed by atoms with van der Waals surface area (Å²) in [7, 11) is -1.60. The van der Waals surface area contributed by atoms with Gasteiger partial charge in [-0.2, -0.15) is 0 Å². The molecule has 39 heavy (non-hydrogen) atoms. The van der Waals surface area contributed by atoms with Crippen LogP contribution >= 0.6 is 0 Å². The predicted molar refractivity (Wildman–Crippen MR) is 155 cm³/mol. The van der Waals surface area contributed by atoms with Crippen molar-refractivity contribution in [3.63, 3.8) is 0 Å². The molecular weight excluding hydrogens is 510 g/mol. The van der Waals surface area contributed by atoms with E-state index in [0.717, 1.165) is 10.4 Å². The molecule has 0 bridgehead atoms. The summed E-state index contributed by atoms with van der Waals surface area (Å²) in [5.41, 5.74) is -0.716. The van der Waals surface area contributed by atoms with Crippen molar-refractivity contribution in [3.05, 3.63) is 60.7 Å². The molecule has 0 aromatic heterocycles. The number of carbonyl (C=O) groups excluding carboxylic acids is 3. The number of Topliss-reactive ketones (excluding diaryl/α,β-unsaturated/α-hetero) is 1. The number of hydrogen-bond acceptors (Lipinski definition) is 6. The zero-order valence-corrected chi connectivity index (χ0v) is 25.5. The summed E-state index contributed by atoms with van der Waals surface area (Å²) in [6, 6.07) is 19.9. The average molecular weight is 554 g/mol. The Morgan fingerprint density at radius 2 is 1.41 bits per heavy atom. The number of hydrogen-bond donors (Lipinski definition) is 0. The molecule has 2 aromatic carbocycles. The Morgan fingerprint density at radius 1 is 0.897 bits per heavy atom. The van der Waals surface area contributed by atoms with E-state index in [0.29, 0.717) is 0 Å². The van der Waals surface area contributed by atoms with Crippen LogP contribution in [0.25, 0.3) is 0 Å². The van der Waals surface area contributed by atoms with Crippen molar-refractivity contribution in [2.24, 2.45) is 11.8 Å². The van der Waals surface area contributed by atoms with E-state index < -0.39 is 43.9 Å². The van der Waals surface area contributed by atoms with E-state index in [4.69, 9.17) is 13.9 Å². The second-order valence-electron chi connectivity index (χ2n) is 12.3. The number of nitrogens with zero attached hydrogens (tertiary/aromatic N) is 1. The molecule has 7 nitrogen and oxygen atoms in total. The standard InChI is InChI=1S/C31H43NO6Si/c1-22(33)26-20-32(29(35)38-30(2,3)4)27(25(26)19-28(34)36-8)21-37-39(31(5,6)7,23-15-11-9-12-16-23)24-17-13-10-14-18-24/h9-18,25-27H,19-21H2,1-8H3/t25-,26+,27+/m0/s1. The van der Waals surface area contributed by atoms with Gasteiger partial charge < -0.3 is 18.8 Å². The minimum absolute atomic E-state index is 0.00875. The van der Waals surface area contributed by atoms with Gasteiger partial charge in [0.05, 0.1) is 26.2 Å². The number of benzene rings is 2. The monoisotopic (exact) mass is 553 g/mol. The molecule has 1 saturated heterocycles. The predicted octanol–water partition coefficient (Wildman–Crippen LogP) is 4.57. The first kappa shape index (κ1) is 30.6. The summed E-state index contributed by atoms with van der Waals surface area (Å²) in [6.07, 6.45) is -0.508. The van der Waals surface area contributed by atoms with Crippen molar-refractivity contribution in [3.8, 4) is 0 Å². The maximum absolute atomic E-state index is 13.4. The van der Waals surface area contributed by atoms with Crippen LogP contribution in [-0.2, 0) is 23.5 Å². The minimum Gasteiger partial charge on any atom is -0.469 e. The maximum atomic E-state index is 13.4. The highest BCUT2D eigenvalue weighted by molar-refractivity contribution is 6.99. The smallest absolute Gasteiger partial charge is 0.410 e. The molecule has 1 aliphatic rings. The Balaban J connectivity index is 2.12. The highest BCUT2D eigenvalue weighted by atomic mass is 28.4. The van der Waals surface area contributed by atoms with Gasteiger partial charge in [0.1, 0.15) is 11.4 Å². The minimum atomic E-state index is -2.93. The highest BCUT2D eigenvalue weighted by Gasteiger charge is 2.53. The van der Waals surface area contributed by atoms with Gasteiger partial charge in [-0.15, -0.1) is 0 Å². The Kier molecular flexibility index (Phi) is 9.44. The number of esters is 1. The van der Waals surface area contributed by atoms with E-state index >= 15 is 0 Å². The fraction of sp³-hybridized carbons (Fsp3) is 0.516. The van der Waals surface area contributed by atoms with E-state index in [1.807, 2.05) is 57.2 Å². The van der Waals surface area contributed by atoms with Gasteiger partial charge in [-0.05, 0) is 43.1 Å². The maximum Gasteiger partial charge on any atom is 0.410 e. The molecule has 1 aliphatic heterocycles. The summed E-state index contributed by atoms with van der Waals surface area (Å²) >= 11 is 0. The number of ether oxygens (including phenoxy) is 2. The molecule has 1 heterocycles. The van der Waals surface area contributed by atoms with Crippen molar-refractivity contribution in [2.45, 2.75) is 71.6 Å².